The van der Waals surface area contributed by atoms with Crippen molar-refractivity contribution in [2.24, 2.45) is 0 Å². The number of carbonyl (C=O) groups excluding carboxylic acids is 2. The molecule has 4 rings (SSSR count). The van der Waals surface area contributed by atoms with E-state index in [0.29, 0.717) is 22.4 Å². The summed E-state index contributed by atoms with van der Waals surface area (Å²) in [6.45, 7) is 2.03. The quantitative estimate of drug-likeness (QED) is 0.290. The molecule has 1 atom stereocenters. The summed E-state index contributed by atoms with van der Waals surface area (Å²) in [5, 5.41) is 20.3. The summed E-state index contributed by atoms with van der Waals surface area (Å²) in [5.41, 5.74) is 4.18. The Labute approximate surface area is 209 Å². The predicted octanol–water partition coefficient (Wildman–Crippen LogP) is 4.57. The standard InChI is InChI=1S/C29H28N2O5/c1-4-18-5-9-21(10-6-18)27(34)25-26(20-11-15-22(16-12-20)30(2)3)31(29(36)28(25)35)23-13-7-19(8-14-23)17-24(32)33/h5-16,26,34H,4,17H2,1-3H3,(H,32,33)/b27-25-. The van der Waals surface area contributed by atoms with Gasteiger partial charge in [0.05, 0.1) is 18.0 Å². The molecule has 0 bridgehead atoms. The Morgan fingerprint density at radius 2 is 1.44 bits per heavy atom. The first kappa shape index (κ1) is 24.7. The van der Waals surface area contributed by atoms with Gasteiger partial charge in [-0.2, -0.15) is 0 Å². The van der Waals surface area contributed by atoms with Crippen LogP contribution < -0.4 is 9.80 Å². The molecule has 1 fully saturated rings. The molecule has 184 valence electrons. The van der Waals surface area contributed by atoms with E-state index in [0.717, 1.165) is 17.7 Å². The number of nitrogens with zero attached hydrogens (tertiary/aromatic N) is 2. The van der Waals surface area contributed by atoms with Crippen LogP contribution >= 0.6 is 0 Å². The van der Waals surface area contributed by atoms with Crippen LogP contribution in [0.15, 0.2) is 78.4 Å². The van der Waals surface area contributed by atoms with Gasteiger partial charge in [-0.05, 0) is 47.4 Å². The van der Waals surface area contributed by atoms with E-state index in [1.165, 1.54) is 4.90 Å². The summed E-state index contributed by atoms with van der Waals surface area (Å²) in [7, 11) is 3.83. The van der Waals surface area contributed by atoms with Crippen LogP contribution in [-0.4, -0.2) is 42.0 Å². The van der Waals surface area contributed by atoms with E-state index in [1.807, 2.05) is 62.3 Å². The second-order valence-corrected chi connectivity index (χ2v) is 8.94. The number of ketones is 1. The van der Waals surface area contributed by atoms with Gasteiger partial charge in [0.1, 0.15) is 5.76 Å². The molecule has 1 amide bonds. The Morgan fingerprint density at radius 3 is 1.97 bits per heavy atom. The number of aryl methyl sites for hydroxylation is 1. The van der Waals surface area contributed by atoms with Gasteiger partial charge in [-0.1, -0.05) is 55.5 Å². The Balaban J connectivity index is 1.86. The van der Waals surface area contributed by atoms with Gasteiger partial charge in [-0.25, -0.2) is 0 Å². The molecule has 1 heterocycles. The maximum atomic E-state index is 13.3. The van der Waals surface area contributed by atoms with Crippen molar-refractivity contribution in [2.75, 3.05) is 23.9 Å². The predicted molar refractivity (Wildman–Crippen MR) is 139 cm³/mol. The number of rotatable bonds is 7. The lowest BCUT2D eigenvalue weighted by Gasteiger charge is -2.26. The number of hydrogen-bond donors (Lipinski definition) is 2. The van der Waals surface area contributed by atoms with Gasteiger partial charge < -0.3 is 15.1 Å². The molecule has 1 aliphatic rings. The smallest absolute Gasteiger partial charge is 0.307 e. The summed E-state index contributed by atoms with van der Waals surface area (Å²) in [6, 6.07) is 20.4. The highest BCUT2D eigenvalue weighted by Gasteiger charge is 2.47. The van der Waals surface area contributed by atoms with Crippen molar-refractivity contribution in [3.05, 3.63) is 101 Å². The molecule has 3 aromatic carbocycles. The number of carboxylic acids is 1. The van der Waals surface area contributed by atoms with E-state index in [2.05, 4.69) is 0 Å². The molecule has 1 saturated heterocycles. The van der Waals surface area contributed by atoms with Crippen molar-refractivity contribution in [1.82, 2.24) is 0 Å². The normalized spacial score (nSPS) is 16.9. The van der Waals surface area contributed by atoms with Crippen molar-refractivity contribution >= 4 is 34.8 Å². The molecule has 0 radical (unpaired) electrons. The highest BCUT2D eigenvalue weighted by molar-refractivity contribution is 6.51. The minimum Gasteiger partial charge on any atom is -0.507 e. The van der Waals surface area contributed by atoms with Gasteiger partial charge in [-0.15, -0.1) is 0 Å². The molecule has 1 aliphatic heterocycles. The number of Topliss-reactive ketones (excluding diaryl/α,β-unsaturated/α-hetero) is 1. The van der Waals surface area contributed by atoms with Gasteiger partial charge in [0.2, 0.25) is 0 Å². The second kappa shape index (κ2) is 10.1. The van der Waals surface area contributed by atoms with Gasteiger partial charge in [0.25, 0.3) is 11.7 Å². The van der Waals surface area contributed by atoms with E-state index in [1.54, 1.807) is 36.4 Å². The average Bonchev–Trinajstić information content (AvgIpc) is 3.14. The first-order valence-corrected chi connectivity index (χ1v) is 11.7. The van der Waals surface area contributed by atoms with Crippen LogP contribution in [0.5, 0.6) is 0 Å². The Morgan fingerprint density at radius 1 is 0.861 bits per heavy atom. The van der Waals surface area contributed by atoms with Crippen LogP contribution in [0.3, 0.4) is 0 Å². The number of carbonyl (C=O) groups is 3. The van der Waals surface area contributed by atoms with Crippen LogP contribution in [0.25, 0.3) is 5.76 Å². The zero-order valence-corrected chi connectivity index (χ0v) is 20.4. The summed E-state index contributed by atoms with van der Waals surface area (Å²) in [5.74, 6) is -2.72. The molecule has 0 aliphatic carbocycles. The fourth-order valence-corrected chi connectivity index (χ4v) is 4.37. The minimum atomic E-state index is -0.960. The van der Waals surface area contributed by atoms with E-state index in [4.69, 9.17) is 5.11 Å². The Kier molecular flexibility index (Phi) is 6.92. The van der Waals surface area contributed by atoms with E-state index >= 15 is 0 Å². The van der Waals surface area contributed by atoms with Gasteiger partial charge >= 0.3 is 5.97 Å². The van der Waals surface area contributed by atoms with Crippen molar-refractivity contribution in [1.29, 1.82) is 0 Å². The molecule has 3 aromatic rings. The molecular formula is C29H28N2O5. The number of amides is 1. The lowest BCUT2D eigenvalue weighted by Crippen LogP contribution is -2.29. The lowest BCUT2D eigenvalue weighted by molar-refractivity contribution is -0.136. The van der Waals surface area contributed by atoms with Crippen LogP contribution in [0, 0.1) is 0 Å². The third-order valence-electron chi connectivity index (χ3n) is 6.38. The largest absolute Gasteiger partial charge is 0.507 e. The topological polar surface area (TPSA) is 98.2 Å². The van der Waals surface area contributed by atoms with E-state index < -0.39 is 23.7 Å². The summed E-state index contributed by atoms with van der Waals surface area (Å²) in [6.07, 6.45) is 0.684. The fourth-order valence-electron chi connectivity index (χ4n) is 4.37. The molecule has 7 nitrogen and oxygen atoms in total. The monoisotopic (exact) mass is 484 g/mol. The first-order chi connectivity index (χ1) is 17.2. The maximum Gasteiger partial charge on any atom is 0.307 e. The number of aliphatic hydroxyl groups is 1. The fraction of sp³-hybridized carbons (Fsp3) is 0.207. The molecule has 0 aromatic heterocycles. The van der Waals surface area contributed by atoms with Gasteiger partial charge in [0, 0.05) is 31.0 Å². The maximum absolute atomic E-state index is 13.3. The molecule has 0 spiro atoms. The van der Waals surface area contributed by atoms with Crippen molar-refractivity contribution in [3.63, 3.8) is 0 Å². The molecule has 2 N–H and O–H groups in total. The number of carboxylic acid groups (broad SMARTS) is 1. The highest BCUT2D eigenvalue weighted by Crippen LogP contribution is 2.42. The van der Waals surface area contributed by atoms with Crippen molar-refractivity contribution in [3.8, 4) is 0 Å². The molecular weight excluding hydrogens is 456 g/mol. The SMILES string of the molecule is CCc1ccc(/C(O)=C2/C(=O)C(=O)N(c3ccc(CC(=O)O)cc3)C2c2ccc(N(C)C)cc2)cc1. The molecule has 0 saturated carbocycles. The van der Waals surface area contributed by atoms with Crippen molar-refractivity contribution in [2.45, 2.75) is 25.8 Å². The summed E-state index contributed by atoms with van der Waals surface area (Å²) < 4.78 is 0. The Hall–Kier alpha value is -4.39. The zero-order chi connectivity index (χ0) is 26.0. The molecule has 7 heteroatoms. The molecule has 36 heavy (non-hydrogen) atoms. The van der Waals surface area contributed by atoms with Gasteiger partial charge in [0.15, 0.2) is 0 Å². The van der Waals surface area contributed by atoms with E-state index in [-0.39, 0.29) is 17.8 Å². The number of aliphatic carboxylic acids is 1. The number of benzene rings is 3. The summed E-state index contributed by atoms with van der Waals surface area (Å²) >= 11 is 0. The lowest BCUT2D eigenvalue weighted by atomic mass is 9.94. The minimum absolute atomic E-state index is 0.0106. The number of anilines is 2. The third-order valence-corrected chi connectivity index (χ3v) is 6.38. The zero-order valence-electron chi connectivity index (χ0n) is 20.4. The Bertz CT molecular complexity index is 1320. The van der Waals surface area contributed by atoms with Crippen LogP contribution in [0.2, 0.25) is 0 Å². The first-order valence-electron chi connectivity index (χ1n) is 11.7. The van der Waals surface area contributed by atoms with E-state index in [9.17, 15) is 19.5 Å². The summed E-state index contributed by atoms with van der Waals surface area (Å²) in [4.78, 5) is 41.0. The second-order valence-electron chi connectivity index (χ2n) is 8.94. The van der Waals surface area contributed by atoms with Crippen LogP contribution in [0.1, 0.15) is 35.2 Å². The highest BCUT2D eigenvalue weighted by atomic mass is 16.4. The number of aliphatic hydroxyl groups excluding tert-OH is 1. The van der Waals surface area contributed by atoms with Crippen molar-refractivity contribution < 1.29 is 24.6 Å². The number of hydrogen-bond acceptors (Lipinski definition) is 5. The molecule has 1 unspecified atom stereocenters. The average molecular weight is 485 g/mol. The third kappa shape index (κ3) is 4.73. The van der Waals surface area contributed by atoms with Crippen LogP contribution in [-0.2, 0) is 27.2 Å². The van der Waals surface area contributed by atoms with Gasteiger partial charge in [-0.3, -0.25) is 19.3 Å². The van der Waals surface area contributed by atoms with Crippen LogP contribution in [0.4, 0.5) is 11.4 Å².